The molecule has 0 aromatic heterocycles. The Kier molecular flexibility index (Phi) is 4.52. The SMILES string of the molecule is O=C(Oc1ccccc1-c1ccccc1)c1c(F)cc(F)c(F)c1F. The second kappa shape index (κ2) is 6.76. The van der Waals surface area contributed by atoms with Crippen molar-refractivity contribution in [2.75, 3.05) is 0 Å². The zero-order valence-corrected chi connectivity index (χ0v) is 12.6. The highest BCUT2D eigenvalue weighted by Crippen LogP contribution is 2.31. The fourth-order valence-electron chi connectivity index (χ4n) is 2.32. The van der Waals surface area contributed by atoms with E-state index in [4.69, 9.17) is 4.74 Å². The average Bonchev–Trinajstić information content (AvgIpc) is 2.61. The molecular formula is C19H10F4O2. The number of para-hydroxylation sites is 1. The zero-order valence-electron chi connectivity index (χ0n) is 12.6. The van der Waals surface area contributed by atoms with Crippen LogP contribution >= 0.6 is 0 Å². The molecule has 3 aromatic rings. The highest BCUT2D eigenvalue weighted by atomic mass is 19.2. The van der Waals surface area contributed by atoms with Crippen LogP contribution in [0.4, 0.5) is 17.6 Å². The topological polar surface area (TPSA) is 26.3 Å². The van der Waals surface area contributed by atoms with Crippen LogP contribution in [0.2, 0.25) is 0 Å². The van der Waals surface area contributed by atoms with Gasteiger partial charge in [0.25, 0.3) is 0 Å². The first kappa shape index (κ1) is 16.7. The van der Waals surface area contributed by atoms with Crippen molar-refractivity contribution in [2.24, 2.45) is 0 Å². The summed E-state index contributed by atoms with van der Waals surface area (Å²) in [7, 11) is 0. The maximum absolute atomic E-state index is 13.7. The van der Waals surface area contributed by atoms with Crippen LogP contribution in [0, 0.1) is 23.3 Å². The molecule has 3 rings (SSSR count). The van der Waals surface area contributed by atoms with Gasteiger partial charge in [0.05, 0.1) is 0 Å². The minimum absolute atomic E-state index is 0.0298. The van der Waals surface area contributed by atoms with Gasteiger partial charge >= 0.3 is 5.97 Å². The molecule has 0 saturated carbocycles. The van der Waals surface area contributed by atoms with E-state index in [0.717, 1.165) is 0 Å². The summed E-state index contributed by atoms with van der Waals surface area (Å²) in [5.74, 6) is -8.57. The summed E-state index contributed by atoms with van der Waals surface area (Å²) in [5.41, 5.74) is -0.0845. The third-order valence-electron chi connectivity index (χ3n) is 3.49. The Morgan fingerprint density at radius 3 is 2.12 bits per heavy atom. The van der Waals surface area contributed by atoms with E-state index in [1.54, 1.807) is 48.5 Å². The van der Waals surface area contributed by atoms with Gasteiger partial charge in [0, 0.05) is 11.6 Å². The van der Waals surface area contributed by atoms with E-state index in [9.17, 15) is 22.4 Å². The number of hydrogen-bond acceptors (Lipinski definition) is 2. The third-order valence-corrected chi connectivity index (χ3v) is 3.49. The first-order valence-corrected chi connectivity index (χ1v) is 7.18. The van der Waals surface area contributed by atoms with Crippen molar-refractivity contribution >= 4 is 5.97 Å². The van der Waals surface area contributed by atoms with E-state index in [0.29, 0.717) is 11.1 Å². The summed E-state index contributed by atoms with van der Waals surface area (Å²) in [4.78, 5) is 12.1. The van der Waals surface area contributed by atoms with Crippen LogP contribution in [-0.2, 0) is 0 Å². The van der Waals surface area contributed by atoms with Crippen LogP contribution in [0.25, 0.3) is 11.1 Å². The lowest BCUT2D eigenvalue weighted by Crippen LogP contribution is -2.15. The van der Waals surface area contributed by atoms with Crippen molar-refractivity contribution < 1.29 is 27.1 Å². The largest absolute Gasteiger partial charge is 0.422 e. The first-order chi connectivity index (χ1) is 12.0. The van der Waals surface area contributed by atoms with Crippen LogP contribution in [0.3, 0.4) is 0 Å². The number of carbonyl (C=O) groups is 1. The molecule has 0 aliphatic rings. The normalized spacial score (nSPS) is 10.6. The molecule has 6 heteroatoms. The van der Waals surface area contributed by atoms with Gasteiger partial charge in [-0.3, -0.25) is 0 Å². The number of hydrogen-bond donors (Lipinski definition) is 0. The van der Waals surface area contributed by atoms with Crippen molar-refractivity contribution in [1.82, 2.24) is 0 Å². The number of rotatable bonds is 3. The molecule has 3 aromatic carbocycles. The van der Waals surface area contributed by atoms with E-state index in [1.807, 2.05) is 0 Å². The summed E-state index contributed by atoms with van der Waals surface area (Å²) in [5, 5.41) is 0. The number of halogens is 4. The lowest BCUT2D eigenvalue weighted by Gasteiger charge is -2.11. The van der Waals surface area contributed by atoms with Crippen molar-refractivity contribution in [3.05, 3.63) is 89.5 Å². The third kappa shape index (κ3) is 3.24. The summed E-state index contributed by atoms with van der Waals surface area (Å²) in [6, 6.07) is 15.3. The standard InChI is InChI=1S/C19H10F4O2/c20-13-10-14(21)17(22)18(23)16(13)19(24)25-15-9-5-4-8-12(15)11-6-2-1-3-7-11/h1-10H. The molecule has 2 nitrogen and oxygen atoms in total. The average molecular weight is 346 g/mol. The van der Waals surface area contributed by atoms with E-state index in [2.05, 4.69) is 0 Å². The number of ether oxygens (including phenoxy) is 1. The maximum Gasteiger partial charge on any atom is 0.349 e. The van der Waals surface area contributed by atoms with Crippen molar-refractivity contribution in [3.63, 3.8) is 0 Å². The number of benzene rings is 3. The van der Waals surface area contributed by atoms with Gasteiger partial charge in [-0.25, -0.2) is 22.4 Å². The quantitative estimate of drug-likeness (QED) is 0.216. The molecule has 0 spiro atoms. The summed E-state index contributed by atoms with van der Waals surface area (Å²) in [6.07, 6.45) is 0. The predicted molar refractivity (Wildman–Crippen MR) is 83.1 cm³/mol. The monoisotopic (exact) mass is 346 g/mol. The molecule has 0 atom stereocenters. The Labute approximate surface area is 140 Å². The van der Waals surface area contributed by atoms with Crippen LogP contribution < -0.4 is 4.74 Å². The van der Waals surface area contributed by atoms with Gasteiger partial charge in [-0.15, -0.1) is 0 Å². The van der Waals surface area contributed by atoms with Gasteiger partial charge in [-0.2, -0.15) is 0 Å². The minimum atomic E-state index is -1.94. The summed E-state index contributed by atoms with van der Waals surface area (Å²) < 4.78 is 58.8. The molecule has 0 bridgehead atoms. The lowest BCUT2D eigenvalue weighted by molar-refractivity contribution is 0.0723. The molecule has 0 fully saturated rings. The van der Waals surface area contributed by atoms with E-state index in [1.165, 1.54) is 6.07 Å². The van der Waals surface area contributed by atoms with Crippen LogP contribution in [-0.4, -0.2) is 5.97 Å². The Balaban J connectivity index is 2.00. The minimum Gasteiger partial charge on any atom is -0.422 e. The summed E-state index contributed by atoms with van der Waals surface area (Å²) >= 11 is 0. The Hall–Kier alpha value is -3.15. The van der Waals surface area contributed by atoms with Gasteiger partial charge in [-0.1, -0.05) is 48.5 Å². The molecule has 0 aliphatic heterocycles. The Morgan fingerprint density at radius 2 is 1.40 bits per heavy atom. The van der Waals surface area contributed by atoms with Crippen LogP contribution in [0.1, 0.15) is 10.4 Å². The van der Waals surface area contributed by atoms with Crippen molar-refractivity contribution in [2.45, 2.75) is 0 Å². The Bertz CT molecular complexity index is 940. The number of esters is 1. The highest BCUT2D eigenvalue weighted by Gasteiger charge is 2.26. The van der Waals surface area contributed by atoms with Crippen LogP contribution in [0.15, 0.2) is 60.7 Å². The molecular weight excluding hydrogens is 336 g/mol. The fourth-order valence-corrected chi connectivity index (χ4v) is 2.32. The molecule has 25 heavy (non-hydrogen) atoms. The molecule has 0 amide bonds. The maximum atomic E-state index is 13.7. The van der Waals surface area contributed by atoms with Crippen molar-refractivity contribution in [3.8, 4) is 16.9 Å². The smallest absolute Gasteiger partial charge is 0.349 e. The molecule has 126 valence electrons. The van der Waals surface area contributed by atoms with E-state index < -0.39 is 34.8 Å². The lowest BCUT2D eigenvalue weighted by atomic mass is 10.0. The number of carbonyl (C=O) groups excluding carboxylic acids is 1. The van der Waals surface area contributed by atoms with Gasteiger partial charge in [-0.05, 0) is 11.6 Å². The molecule has 0 heterocycles. The predicted octanol–water partition coefficient (Wildman–Crippen LogP) is 5.13. The second-order valence-corrected chi connectivity index (χ2v) is 5.09. The zero-order chi connectivity index (χ0) is 18.0. The van der Waals surface area contributed by atoms with Gasteiger partial charge in [0.2, 0.25) is 0 Å². The van der Waals surface area contributed by atoms with Crippen molar-refractivity contribution in [1.29, 1.82) is 0 Å². The van der Waals surface area contributed by atoms with Gasteiger partial charge in [0.1, 0.15) is 17.1 Å². The molecule has 0 saturated heterocycles. The summed E-state index contributed by atoms with van der Waals surface area (Å²) in [6.45, 7) is 0. The molecule has 0 N–H and O–H groups in total. The second-order valence-electron chi connectivity index (χ2n) is 5.09. The van der Waals surface area contributed by atoms with Gasteiger partial charge in [0.15, 0.2) is 17.5 Å². The molecule has 0 radical (unpaired) electrons. The fraction of sp³-hybridized carbons (Fsp3) is 0. The Morgan fingerprint density at radius 1 is 0.760 bits per heavy atom. The van der Waals surface area contributed by atoms with E-state index in [-0.39, 0.29) is 11.8 Å². The van der Waals surface area contributed by atoms with Crippen LogP contribution in [0.5, 0.6) is 5.75 Å². The van der Waals surface area contributed by atoms with E-state index >= 15 is 0 Å². The highest BCUT2D eigenvalue weighted by molar-refractivity contribution is 5.92. The first-order valence-electron chi connectivity index (χ1n) is 7.18. The molecule has 0 unspecified atom stereocenters. The van der Waals surface area contributed by atoms with Gasteiger partial charge < -0.3 is 4.74 Å². The molecule has 0 aliphatic carbocycles.